The zero-order valence-corrected chi connectivity index (χ0v) is 18.4. The Bertz CT molecular complexity index is 1280. The molecule has 8 nitrogen and oxygen atoms in total. The van der Waals surface area contributed by atoms with E-state index in [-0.39, 0.29) is 21.5 Å². The number of nitrogens with one attached hydrogen (secondary N) is 1. The van der Waals surface area contributed by atoms with E-state index in [0.29, 0.717) is 36.8 Å². The molecular weight excluding hydrogens is 465 g/mol. The van der Waals surface area contributed by atoms with E-state index in [0.717, 1.165) is 10.2 Å². The molecule has 31 heavy (non-hydrogen) atoms. The molecule has 0 saturated carbocycles. The molecule has 1 aliphatic heterocycles. The number of benzene rings is 2. The topological polar surface area (TPSA) is 99.5 Å². The second-order valence-corrected chi connectivity index (χ2v) is 9.20. The van der Waals surface area contributed by atoms with E-state index in [2.05, 4.69) is 9.82 Å². The van der Waals surface area contributed by atoms with Gasteiger partial charge in [-0.2, -0.15) is 9.78 Å². The van der Waals surface area contributed by atoms with Crippen LogP contribution in [0.2, 0.25) is 10.0 Å². The summed E-state index contributed by atoms with van der Waals surface area (Å²) in [6.07, 6.45) is 1.73. The van der Waals surface area contributed by atoms with Crippen LogP contribution in [0.15, 0.2) is 58.4 Å². The summed E-state index contributed by atoms with van der Waals surface area (Å²) in [5.74, 6) is 1.35. The summed E-state index contributed by atoms with van der Waals surface area (Å²) >= 11 is 11.6. The number of sulfonamides is 1. The van der Waals surface area contributed by atoms with E-state index in [9.17, 15) is 13.2 Å². The molecule has 0 bridgehead atoms. The van der Waals surface area contributed by atoms with Crippen LogP contribution in [0.1, 0.15) is 5.56 Å². The van der Waals surface area contributed by atoms with Crippen molar-refractivity contribution < 1.29 is 17.9 Å². The molecular formula is C20H17Cl2N3O5S. The van der Waals surface area contributed by atoms with Gasteiger partial charge in [0.15, 0.2) is 11.5 Å². The average Bonchev–Trinajstić information content (AvgIpc) is 2.77. The van der Waals surface area contributed by atoms with Gasteiger partial charge in [0.2, 0.25) is 10.0 Å². The van der Waals surface area contributed by atoms with E-state index < -0.39 is 15.6 Å². The lowest BCUT2D eigenvalue weighted by Crippen LogP contribution is -2.26. The van der Waals surface area contributed by atoms with Gasteiger partial charge in [-0.15, -0.1) is 0 Å². The summed E-state index contributed by atoms with van der Waals surface area (Å²) in [6.45, 7) is 1.21. The molecule has 3 aromatic rings. The fourth-order valence-electron chi connectivity index (χ4n) is 3.02. The van der Waals surface area contributed by atoms with Crippen LogP contribution in [-0.2, 0) is 16.4 Å². The average molecular weight is 482 g/mol. The van der Waals surface area contributed by atoms with Crippen molar-refractivity contribution in [3.8, 4) is 17.2 Å². The minimum atomic E-state index is -3.73. The van der Waals surface area contributed by atoms with Crippen molar-refractivity contribution in [2.24, 2.45) is 0 Å². The molecule has 11 heteroatoms. The summed E-state index contributed by atoms with van der Waals surface area (Å²) in [7, 11) is -3.73. The van der Waals surface area contributed by atoms with E-state index in [1.54, 1.807) is 0 Å². The third-order valence-electron chi connectivity index (χ3n) is 4.58. The lowest BCUT2D eigenvalue weighted by molar-refractivity contribution is 0.171. The number of aromatic nitrogens is 2. The van der Waals surface area contributed by atoms with Gasteiger partial charge in [0.25, 0.3) is 5.56 Å². The van der Waals surface area contributed by atoms with Gasteiger partial charge in [0.1, 0.15) is 18.2 Å². The second kappa shape index (κ2) is 8.88. The largest absolute Gasteiger partial charge is 0.486 e. The first-order valence-electron chi connectivity index (χ1n) is 9.27. The predicted octanol–water partition coefficient (Wildman–Crippen LogP) is 2.83. The first kappa shape index (κ1) is 21.6. The Balaban J connectivity index is 1.43. The van der Waals surface area contributed by atoms with Crippen molar-refractivity contribution in [2.75, 3.05) is 19.8 Å². The van der Waals surface area contributed by atoms with Crippen LogP contribution in [0.3, 0.4) is 0 Å². The van der Waals surface area contributed by atoms with Gasteiger partial charge in [-0.25, -0.2) is 13.1 Å². The molecule has 1 N–H and O–H groups in total. The summed E-state index contributed by atoms with van der Waals surface area (Å²) in [6, 6.07) is 11.2. The van der Waals surface area contributed by atoms with Crippen molar-refractivity contribution >= 4 is 33.2 Å². The monoisotopic (exact) mass is 481 g/mol. The summed E-state index contributed by atoms with van der Waals surface area (Å²) < 4.78 is 39.8. The molecule has 0 unspecified atom stereocenters. The smallest absolute Gasteiger partial charge is 0.291 e. The fourth-order valence-corrected chi connectivity index (χ4v) is 4.30. The molecule has 162 valence electrons. The maximum Gasteiger partial charge on any atom is 0.291 e. The van der Waals surface area contributed by atoms with Crippen molar-refractivity contribution in [2.45, 2.75) is 11.3 Å². The Morgan fingerprint density at radius 1 is 1.03 bits per heavy atom. The zero-order valence-electron chi connectivity index (χ0n) is 16.0. The molecule has 0 aliphatic carbocycles. The van der Waals surface area contributed by atoms with Crippen molar-refractivity contribution in [1.29, 1.82) is 0 Å². The lowest BCUT2D eigenvalue weighted by atomic mass is 10.1. The van der Waals surface area contributed by atoms with Gasteiger partial charge in [0, 0.05) is 6.54 Å². The zero-order chi connectivity index (χ0) is 22.0. The molecule has 0 radical (unpaired) electrons. The van der Waals surface area contributed by atoms with Crippen LogP contribution in [0.4, 0.5) is 0 Å². The van der Waals surface area contributed by atoms with Crippen LogP contribution in [-0.4, -0.2) is 38.0 Å². The molecule has 2 aromatic carbocycles. The second-order valence-electron chi connectivity index (χ2n) is 6.64. The predicted molar refractivity (Wildman–Crippen MR) is 116 cm³/mol. The van der Waals surface area contributed by atoms with Gasteiger partial charge in [0.05, 0.1) is 21.8 Å². The molecule has 0 fully saturated rings. The summed E-state index contributed by atoms with van der Waals surface area (Å²) in [5, 5.41) is 3.81. The number of hydrogen-bond acceptors (Lipinski definition) is 6. The Hall–Kier alpha value is -2.59. The molecule has 2 heterocycles. The van der Waals surface area contributed by atoms with Crippen molar-refractivity contribution in [3.05, 3.63) is 74.6 Å². The minimum Gasteiger partial charge on any atom is -0.486 e. The third kappa shape index (κ3) is 4.69. The summed E-state index contributed by atoms with van der Waals surface area (Å²) in [4.78, 5) is 12.2. The Labute approximate surface area is 188 Å². The lowest BCUT2D eigenvalue weighted by Gasteiger charge is -2.18. The standard InChI is InChI=1S/C20H17Cl2N3O5S/c21-16-12-23-25(20(26)19(16)22)14-2-4-15(5-3-14)31(27,28)24-8-7-13-1-6-17-18(11-13)30-10-9-29-17/h1-6,11-12,24H,7-10H2. The Morgan fingerprint density at radius 2 is 1.74 bits per heavy atom. The number of fused-ring (bicyclic) bond motifs is 1. The maximum absolute atomic E-state index is 12.6. The summed E-state index contributed by atoms with van der Waals surface area (Å²) in [5.41, 5.74) is 0.688. The third-order valence-corrected chi connectivity index (χ3v) is 6.81. The van der Waals surface area contributed by atoms with Gasteiger partial charge in [-0.3, -0.25) is 4.79 Å². The number of ether oxygens (including phenoxy) is 2. The highest BCUT2D eigenvalue weighted by molar-refractivity contribution is 7.89. The number of halogens is 2. The van der Waals surface area contributed by atoms with Gasteiger partial charge < -0.3 is 9.47 Å². The van der Waals surface area contributed by atoms with E-state index in [4.69, 9.17) is 32.7 Å². The van der Waals surface area contributed by atoms with E-state index in [1.807, 2.05) is 18.2 Å². The molecule has 0 saturated heterocycles. The number of hydrogen-bond donors (Lipinski definition) is 1. The van der Waals surface area contributed by atoms with Gasteiger partial charge >= 0.3 is 0 Å². The minimum absolute atomic E-state index is 0.0457. The van der Waals surface area contributed by atoms with Gasteiger partial charge in [-0.05, 0) is 48.4 Å². The van der Waals surface area contributed by atoms with Crippen LogP contribution in [0.5, 0.6) is 11.5 Å². The number of nitrogens with zero attached hydrogens (tertiary/aromatic N) is 2. The maximum atomic E-state index is 12.6. The van der Waals surface area contributed by atoms with Crippen molar-refractivity contribution in [3.63, 3.8) is 0 Å². The first-order valence-corrected chi connectivity index (χ1v) is 11.5. The van der Waals surface area contributed by atoms with E-state index >= 15 is 0 Å². The van der Waals surface area contributed by atoms with Crippen LogP contribution in [0, 0.1) is 0 Å². The van der Waals surface area contributed by atoms with Crippen molar-refractivity contribution in [1.82, 2.24) is 14.5 Å². The highest BCUT2D eigenvalue weighted by Crippen LogP contribution is 2.30. The molecule has 0 atom stereocenters. The molecule has 0 amide bonds. The van der Waals surface area contributed by atoms with Crippen LogP contribution in [0.25, 0.3) is 5.69 Å². The quantitative estimate of drug-likeness (QED) is 0.580. The van der Waals surface area contributed by atoms with Crippen LogP contribution >= 0.6 is 23.2 Å². The highest BCUT2D eigenvalue weighted by atomic mass is 35.5. The molecule has 0 spiro atoms. The molecule has 4 rings (SSSR count). The molecule has 1 aromatic heterocycles. The Kier molecular flexibility index (Phi) is 6.19. The Morgan fingerprint density at radius 3 is 2.48 bits per heavy atom. The fraction of sp³-hybridized carbons (Fsp3) is 0.200. The normalized spacial score (nSPS) is 13.2. The first-order chi connectivity index (χ1) is 14.8. The highest BCUT2D eigenvalue weighted by Gasteiger charge is 2.16. The van der Waals surface area contributed by atoms with Gasteiger partial charge in [-0.1, -0.05) is 29.3 Å². The van der Waals surface area contributed by atoms with Crippen LogP contribution < -0.4 is 19.8 Å². The van der Waals surface area contributed by atoms with E-state index in [1.165, 1.54) is 30.5 Å². The SMILES string of the molecule is O=c1c(Cl)c(Cl)cnn1-c1ccc(S(=O)(=O)NCCc2ccc3c(c2)OCCO3)cc1. The number of rotatable bonds is 6. The molecule has 1 aliphatic rings.